The van der Waals surface area contributed by atoms with Gasteiger partial charge in [0.15, 0.2) is 0 Å². The van der Waals surface area contributed by atoms with Crippen molar-refractivity contribution in [3.8, 4) is 5.75 Å². The number of aryl methyl sites for hydroxylation is 2. The second-order valence-corrected chi connectivity index (χ2v) is 5.76. The zero-order valence-corrected chi connectivity index (χ0v) is 13.4. The number of ether oxygens (including phenoxy) is 1. The van der Waals surface area contributed by atoms with E-state index < -0.39 is 11.9 Å². The topological polar surface area (TPSA) is 46.5 Å². The van der Waals surface area contributed by atoms with E-state index in [4.69, 9.17) is 16.3 Å². The van der Waals surface area contributed by atoms with Gasteiger partial charge >= 0.3 is 5.97 Å². The van der Waals surface area contributed by atoms with Crippen molar-refractivity contribution in [1.29, 1.82) is 0 Å². The molecule has 22 heavy (non-hydrogen) atoms. The number of hydrogen-bond acceptors (Lipinski definition) is 2. The molecule has 1 N–H and O–H groups in total. The summed E-state index contributed by atoms with van der Waals surface area (Å²) < 4.78 is 5.65. The molecule has 0 aliphatic rings. The van der Waals surface area contributed by atoms with E-state index in [9.17, 15) is 9.90 Å². The first-order valence-corrected chi connectivity index (χ1v) is 7.53. The molecule has 4 heteroatoms. The van der Waals surface area contributed by atoms with Crippen LogP contribution >= 0.6 is 11.6 Å². The predicted octanol–water partition coefficient (Wildman–Crippen LogP) is 4.59. The van der Waals surface area contributed by atoms with Crippen molar-refractivity contribution in [2.45, 2.75) is 26.2 Å². The van der Waals surface area contributed by atoms with E-state index in [-0.39, 0.29) is 0 Å². The van der Waals surface area contributed by atoms with Crippen LogP contribution in [0.1, 0.15) is 29.0 Å². The highest BCUT2D eigenvalue weighted by Crippen LogP contribution is 2.24. The molecular weight excluding hydrogens is 300 g/mol. The molecule has 2 aromatic carbocycles. The highest BCUT2D eigenvalue weighted by Gasteiger charge is 2.19. The molecule has 0 bridgehead atoms. The minimum atomic E-state index is -0.834. The lowest BCUT2D eigenvalue weighted by molar-refractivity contribution is -0.139. The maximum absolute atomic E-state index is 11.5. The molecule has 0 spiro atoms. The zero-order chi connectivity index (χ0) is 16.1. The molecule has 2 rings (SSSR count). The maximum atomic E-state index is 11.5. The number of carbonyl (C=O) groups is 1. The summed E-state index contributed by atoms with van der Waals surface area (Å²) in [5.41, 5.74) is 2.85. The Morgan fingerprint density at radius 1 is 1.18 bits per heavy atom. The van der Waals surface area contributed by atoms with Crippen LogP contribution in [0.5, 0.6) is 5.75 Å². The average molecular weight is 319 g/mol. The van der Waals surface area contributed by atoms with Crippen molar-refractivity contribution in [1.82, 2.24) is 0 Å². The molecule has 0 aliphatic heterocycles. The zero-order valence-electron chi connectivity index (χ0n) is 12.7. The Labute approximate surface area is 135 Å². The van der Waals surface area contributed by atoms with Crippen molar-refractivity contribution in [3.63, 3.8) is 0 Å². The van der Waals surface area contributed by atoms with Gasteiger partial charge in [-0.1, -0.05) is 41.4 Å². The van der Waals surface area contributed by atoms with E-state index in [0.717, 1.165) is 16.7 Å². The highest BCUT2D eigenvalue weighted by atomic mass is 35.5. The van der Waals surface area contributed by atoms with Gasteiger partial charge in [0.05, 0.1) is 12.5 Å². The van der Waals surface area contributed by atoms with Gasteiger partial charge in [0.1, 0.15) is 5.75 Å². The Bertz CT molecular complexity index is 650. The summed E-state index contributed by atoms with van der Waals surface area (Å²) in [5.74, 6) is -0.691. The van der Waals surface area contributed by atoms with Crippen LogP contribution in [-0.2, 0) is 4.79 Å². The molecule has 1 unspecified atom stereocenters. The highest BCUT2D eigenvalue weighted by molar-refractivity contribution is 6.31. The van der Waals surface area contributed by atoms with Crippen LogP contribution in [0.2, 0.25) is 5.02 Å². The van der Waals surface area contributed by atoms with Crippen molar-refractivity contribution < 1.29 is 14.6 Å². The minimum Gasteiger partial charge on any atom is -0.494 e. The van der Waals surface area contributed by atoms with E-state index in [0.29, 0.717) is 23.8 Å². The van der Waals surface area contributed by atoms with Crippen molar-refractivity contribution in [2.75, 3.05) is 6.61 Å². The molecule has 0 radical (unpaired) electrons. The van der Waals surface area contributed by atoms with Crippen molar-refractivity contribution in [3.05, 3.63) is 64.2 Å². The fourth-order valence-corrected chi connectivity index (χ4v) is 2.35. The third-order valence-electron chi connectivity index (χ3n) is 3.58. The summed E-state index contributed by atoms with van der Waals surface area (Å²) in [6, 6.07) is 13.0. The number of carboxylic acids is 1. The first kappa shape index (κ1) is 16.4. The molecule has 0 aliphatic carbocycles. The smallest absolute Gasteiger partial charge is 0.311 e. The second kappa shape index (κ2) is 7.32. The molecule has 0 aromatic heterocycles. The molecule has 0 saturated carbocycles. The molecule has 0 amide bonds. The largest absolute Gasteiger partial charge is 0.494 e. The van der Waals surface area contributed by atoms with Gasteiger partial charge in [-0.2, -0.15) is 0 Å². The molecule has 116 valence electrons. The summed E-state index contributed by atoms with van der Waals surface area (Å²) in [4.78, 5) is 11.5. The molecule has 2 aromatic rings. The Morgan fingerprint density at radius 2 is 1.86 bits per heavy atom. The van der Waals surface area contributed by atoms with Crippen LogP contribution in [-0.4, -0.2) is 17.7 Å². The summed E-state index contributed by atoms with van der Waals surface area (Å²) in [5, 5.41) is 10.1. The van der Waals surface area contributed by atoms with Crippen LogP contribution < -0.4 is 4.74 Å². The molecule has 0 heterocycles. The van der Waals surface area contributed by atoms with Crippen LogP contribution in [0.25, 0.3) is 0 Å². The van der Waals surface area contributed by atoms with Crippen LogP contribution in [0.15, 0.2) is 42.5 Å². The standard InChI is InChI=1S/C18H19ClO3/c1-12-3-5-14(6-4-12)16(18(20)21)9-10-22-15-7-8-17(19)13(2)11-15/h3-8,11,16H,9-10H2,1-2H3,(H,20,21). The number of aliphatic carboxylic acids is 1. The Balaban J connectivity index is 1.99. The summed E-state index contributed by atoms with van der Waals surface area (Å²) >= 11 is 5.97. The normalized spacial score (nSPS) is 12.0. The minimum absolute atomic E-state index is 0.339. The van der Waals surface area contributed by atoms with Gasteiger partial charge in [-0.3, -0.25) is 4.79 Å². The summed E-state index contributed by atoms with van der Waals surface area (Å²) in [6.45, 7) is 4.22. The fraction of sp³-hybridized carbons (Fsp3) is 0.278. The molecule has 1 atom stereocenters. The van der Waals surface area contributed by atoms with E-state index in [1.54, 1.807) is 12.1 Å². The first-order valence-electron chi connectivity index (χ1n) is 7.15. The van der Waals surface area contributed by atoms with Gasteiger partial charge in [0.25, 0.3) is 0 Å². The van der Waals surface area contributed by atoms with Crippen molar-refractivity contribution >= 4 is 17.6 Å². The quantitative estimate of drug-likeness (QED) is 0.847. The second-order valence-electron chi connectivity index (χ2n) is 5.35. The number of rotatable bonds is 6. The summed E-state index contributed by atoms with van der Waals surface area (Å²) in [6.07, 6.45) is 0.417. The van der Waals surface area contributed by atoms with Gasteiger partial charge in [-0.15, -0.1) is 0 Å². The SMILES string of the molecule is Cc1ccc(C(CCOc2ccc(Cl)c(C)c2)C(=O)O)cc1. The molecular formula is C18H19ClO3. The molecule has 3 nitrogen and oxygen atoms in total. The van der Waals surface area contributed by atoms with Gasteiger partial charge in [-0.05, 0) is 49.6 Å². The molecule has 0 fully saturated rings. The Morgan fingerprint density at radius 3 is 2.45 bits per heavy atom. The van der Waals surface area contributed by atoms with Gasteiger partial charge in [0, 0.05) is 5.02 Å². The predicted molar refractivity (Wildman–Crippen MR) is 87.9 cm³/mol. The third-order valence-corrected chi connectivity index (χ3v) is 4.01. The maximum Gasteiger partial charge on any atom is 0.311 e. The third kappa shape index (κ3) is 4.25. The Kier molecular flexibility index (Phi) is 5.45. The van der Waals surface area contributed by atoms with Gasteiger partial charge < -0.3 is 9.84 Å². The average Bonchev–Trinajstić information content (AvgIpc) is 2.48. The number of halogens is 1. The lowest BCUT2D eigenvalue weighted by Gasteiger charge is -2.14. The van der Waals surface area contributed by atoms with Crippen LogP contribution in [0.4, 0.5) is 0 Å². The number of benzene rings is 2. The monoisotopic (exact) mass is 318 g/mol. The number of carboxylic acid groups (broad SMARTS) is 1. The van der Waals surface area contributed by atoms with Crippen LogP contribution in [0.3, 0.4) is 0 Å². The van der Waals surface area contributed by atoms with E-state index in [1.165, 1.54) is 0 Å². The van der Waals surface area contributed by atoms with Crippen molar-refractivity contribution in [2.24, 2.45) is 0 Å². The van der Waals surface area contributed by atoms with E-state index in [1.807, 2.05) is 44.2 Å². The lowest BCUT2D eigenvalue weighted by atomic mass is 9.95. The molecule has 0 saturated heterocycles. The summed E-state index contributed by atoms with van der Waals surface area (Å²) in [7, 11) is 0. The number of hydrogen-bond donors (Lipinski definition) is 1. The fourth-order valence-electron chi connectivity index (χ4n) is 2.23. The Hall–Kier alpha value is -2.00. The van der Waals surface area contributed by atoms with Crippen LogP contribution in [0, 0.1) is 13.8 Å². The van der Waals surface area contributed by atoms with E-state index in [2.05, 4.69) is 0 Å². The van der Waals surface area contributed by atoms with E-state index >= 15 is 0 Å². The lowest BCUT2D eigenvalue weighted by Crippen LogP contribution is -2.15. The first-order chi connectivity index (χ1) is 10.5. The van der Waals surface area contributed by atoms with Gasteiger partial charge in [-0.25, -0.2) is 0 Å². The van der Waals surface area contributed by atoms with Gasteiger partial charge in [0.2, 0.25) is 0 Å².